The number of fused-ring (bicyclic) bond motifs is 3. The van der Waals surface area contributed by atoms with Crippen LogP contribution in [0, 0.1) is 12.8 Å². The van der Waals surface area contributed by atoms with Gasteiger partial charge in [0.05, 0.1) is 13.2 Å². The van der Waals surface area contributed by atoms with Crippen molar-refractivity contribution in [2.75, 3.05) is 17.7 Å². The largest absolute Gasteiger partial charge is 0.497 e. The van der Waals surface area contributed by atoms with Crippen LogP contribution in [-0.2, 0) is 0 Å². The lowest BCUT2D eigenvalue weighted by Crippen LogP contribution is -2.29. The van der Waals surface area contributed by atoms with E-state index in [-0.39, 0.29) is 11.9 Å². The predicted molar refractivity (Wildman–Crippen MR) is 125 cm³/mol. The summed E-state index contributed by atoms with van der Waals surface area (Å²) < 4.78 is 5.32. The van der Waals surface area contributed by atoms with Gasteiger partial charge in [0.1, 0.15) is 5.75 Å². The zero-order valence-electron chi connectivity index (χ0n) is 17.8. The summed E-state index contributed by atoms with van der Waals surface area (Å²) in [6.45, 7) is 1.96. The van der Waals surface area contributed by atoms with E-state index in [4.69, 9.17) is 4.74 Å². The van der Waals surface area contributed by atoms with E-state index in [1.54, 1.807) is 7.11 Å². The summed E-state index contributed by atoms with van der Waals surface area (Å²) in [5.41, 5.74) is 6.14. The number of nitrogens with one attached hydrogen (secondary N) is 2. The second kappa shape index (κ2) is 7.95. The summed E-state index contributed by atoms with van der Waals surface area (Å²) in [4.78, 5) is 12.8. The predicted octanol–water partition coefficient (Wildman–Crippen LogP) is 6.08. The SMILES string of the molecule is COc1ccc(C2Nc3ccc(NC(=O)c4ccccc4C)cc3C3C=CCC32)cc1. The van der Waals surface area contributed by atoms with E-state index in [1.807, 2.05) is 49.4 Å². The van der Waals surface area contributed by atoms with Crippen molar-refractivity contribution in [2.45, 2.75) is 25.3 Å². The van der Waals surface area contributed by atoms with Crippen LogP contribution < -0.4 is 15.4 Å². The van der Waals surface area contributed by atoms with E-state index < -0.39 is 0 Å². The molecular weight excluding hydrogens is 384 g/mol. The minimum absolute atomic E-state index is 0.0727. The summed E-state index contributed by atoms with van der Waals surface area (Å²) in [6.07, 6.45) is 5.63. The maximum absolute atomic E-state index is 12.8. The van der Waals surface area contributed by atoms with Crippen molar-refractivity contribution < 1.29 is 9.53 Å². The lowest BCUT2D eigenvalue weighted by Gasteiger charge is -2.37. The Morgan fingerprint density at radius 2 is 1.87 bits per heavy atom. The highest BCUT2D eigenvalue weighted by Crippen LogP contribution is 2.50. The van der Waals surface area contributed by atoms with Gasteiger partial charge in [-0.15, -0.1) is 0 Å². The molecule has 1 aliphatic carbocycles. The third-order valence-electron chi connectivity index (χ3n) is 6.49. The van der Waals surface area contributed by atoms with Crippen LogP contribution in [0.2, 0.25) is 0 Å². The molecule has 1 amide bonds. The van der Waals surface area contributed by atoms with Gasteiger partial charge < -0.3 is 15.4 Å². The minimum atomic E-state index is -0.0727. The highest BCUT2D eigenvalue weighted by Gasteiger charge is 2.38. The molecule has 4 heteroatoms. The standard InChI is InChI=1S/C27H26N2O2/c1-17-6-3-4-7-21(17)27(30)28-19-12-15-25-24(16-19)22-8-5-9-23(22)26(29-25)18-10-13-20(31-2)14-11-18/h3-8,10-16,22-23,26,29H,9H2,1-2H3,(H,28,30). The first-order valence-electron chi connectivity index (χ1n) is 10.7. The minimum Gasteiger partial charge on any atom is -0.497 e. The second-order valence-electron chi connectivity index (χ2n) is 8.32. The van der Waals surface area contributed by atoms with Crippen LogP contribution in [0.4, 0.5) is 11.4 Å². The summed E-state index contributed by atoms with van der Waals surface area (Å²) in [5.74, 6) is 1.58. The summed E-state index contributed by atoms with van der Waals surface area (Å²) in [7, 11) is 1.69. The van der Waals surface area contributed by atoms with E-state index in [0.29, 0.717) is 17.4 Å². The Hall–Kier alpha value is -3.53. The molecule has 0 spiro atoms. The molecule has 2 N–H and O–H groups in total. The monoisotopic (exact) mass is 410 g/mol. The van der Waals surface area contributed by atoms with Gasteiger partial charge in [0.15, 0.2) is 0 Å². The molecule has 3 aromatic carbocycles. The lowest BCUT2D eigenvalue weighted by atomic mass is 9.77. The number of ether oxygens (including phenoxy) is 1. The molecule has 0 fully saturated rings. The number of anilines is 2. The van der Waals surface area contributed by atoms with Gasteiger partial charge in [0.25, 0.3) is 5.91 Å². The van der Waals surface area contributed by atoms with Crippen LogP contribution in [0.3, 0.4) is 0 Å². The van der Waals surface area contributed by atoms with Crippen molar-refractivity contribution in [1.29, 1.82) is 0 Å². The fourth-order valence-corrected chi connectivity index (χ4v) is 4.84. The Kier molecular flexibility index (Phi) is 4.99. The molecule has 0 aromatic heterocycles. The van der Waals surface area contributed by atoms with Crippen molar-refractivity contribution in [3.63, 3.8) is 0 Å². The Bertz CT molecular complexity index is 1150. The highest BCUT2D eigenvalue weighted by atomic mass is 16.5. The highest BCUT2D eigenvalue weighted by molar-refractivity contribution is 6.05. The molecule has 5 rings (SSSR count). The summed E-state index contributed by atoms with van der Waals surface area (Å²) >= 11 is 0. The number of carbonyl (C=O) groups excluding carboxylic acids is 1. The Labute approximate surface area is 183 Å². The fourth-order valence-electron chi connectivity index (χ4n) is 4.84. The first kappa shape index (κ1) is 19.4. The third-order valence-corrected chi connectivity index (χ3v) is 6.49. The molecule has 156 valence electrons. The average Bonchev–Trinajstić information content (AvgIpc) is 3.29. The molecule has 0 saturated heterocycles. The molecule has 2 aliphatic rings. The molecule has 0 radical (unpaired) electrons. The molecule has 31 heavy (non-hydrogen) atoms. The van der Waals surface area contributed by atoms with Gasteiger partial charge in [-0.2, -0.15) is 0 Å². The third kappa shape index (κ3) is 3.59. The summed E-state index contributed by atoms with van der Waals surface area (Å²) in [5, 5.41) is 6.83. The van der Waals surface area contributed by atoms with E-state index in [2.05, 4.69) is 47.1 Å². The molecule has 1 heterocycles. The number of methoxy groups -OCH3 is 1. The van der Waals surface area contributed by atoms with Crippen molar-refractivity contribution in [3.05, 3.63) is 101 Å². The molecule has 3 unspecified atom stereocenters. The van der Waals surface area contributed by atoms with Crippen molar-refractivity contribution >= 4 is 17.3 Å². The molecule has 0 saturated carbocycles. The smallest absolute Gasteiger partial charge is 0.255 e. The van der Waals surface area contributed by atoms with Crippen LogP contribution in [0.15, 0.2) is 78.9 Å². The maximum Gasteiger partial charge on any atom is 0.255 e. The molecule has 4 nitrogen and oxygen atoms in total. The number of hydrogen-bond acceptors (Lipinski definition) is 3. The first-order chi connectivity index (χ1) is 15.1. The molecular formula is C27H26N2O2. The van der Waals surface area contributed by atoms with Crippen molar-refractivity contribution in [3.8, 4) is 5.75 Å². The van der Waals surface area contributed by atoms with Gasteiger partial charge in [-0.25, -0.2) is 0 Å². The van der Waals surface area contributed by atoms with Gasteiger partial charge in [0, 0.05) is 22.9 Å². The summed E-state index contributed by atoms with van der Waals surface area (Å²) in [6, 6.07) is 22.4. The van der Waals surface area contributed by atoms with Gasteiger partial charge in [-0.05, 0) is 72.4 Å². The lowest BCUT2D eigenvalue weighted by molar-refractivity contribution is 0.102. The number of hydrogen-bond donors (Lipinski definition) is 2. The van der Waals surface area contributed by atoms with Crippen LogP contribution in [0.5, 0.6) is 5.75 Å². The first-order valence-corrected chi connectivity index (χ1v) is 10.7. The van der Waals surface area contributed by atoms with Gasteiger partial charge >= 0.3 is 0 Å². The molecule has 1 aliphatic heterocycles. The number of aryl methyl sites for hydroxylation is 1. The zero-order chi connectivity index (χ0) is 21.4. The topological polar surface area (TPSA) is 50.4 Å². The van der Waals surface area contributed by atoms with E-state index in [9.17, 15) is 4.79 Å². The second-order valence-corrected chi connectivity index (χ2v) is 8.32. The number of allylic oxidation sites excluding steroid dienone is 2. The van der Waals surface area contributed by atoms with Gasteiger partial charge in [-0.1, -0.05) is 42.5 Å². The van der Waals surface area contributed by atoms with Crippen LogP contribution in [0.1, 0.15) is 45.4 Å². The van der Waals surface area contributed by atoms with Gasteiger partial charge in [0.2, 0.25) is 0 Å². The number of rotatable bonds is 4. The Balaban J connectivity index is 1.43. The zero-order valence-corrected chi connectivity index (χ0v) is 17.8. The van der Waals surface area contributed by atoms with E-state index >= 15 is 0 Å². The average molecular weight is 411 g/mol. The number of carbonyl (C=O) groups is 1. The number of amides is 1. The number of benzene rings is 3. The normalized spacial score (nSPS) is 21.0. The van der Waals surface area contributed by atoms with Crippen LogP contribution >= 0.6 is 0 Å². The molecule has 3 aromatic rings. The van der Waals surface area contributed by atoms with Crippen molar-refractivity contribution in [1.82, 2.24) is 0 Å². The van der Waals surface area contributed by atoms with E-state index in [0.717, 1.165) is 29.1 Å². The Morgan fingerprint density at radius 1 is 1.06 bits per heavy atom. The van der Waals surface area contributed by atoms with Crippen LogP contribution in [0.25, 0.3) is 0 Å². The molecule has 3 atom stereocenters. The molecule has 0 bridgehead atoms. The quantitative estimate of drug-likeness (QED) is 0.512. The van der Waals surface area contributed by atoms with Crippen molar-refractivity contribution in [2.24, 2.45) is 5.92 Å². The van der Waals surface area contributed by atoms with Gasteiger partial charge in [-0.3, -0.25) is 4.79 Å². The fraction of sp³-hybridized carbons (Fsp3) is 0.222. The van der Waals surface area contributed by atoms with Crippen LogP contribution in [-0.4, -0.2) is 13.0 Å². The Morgan fingerprint density at radius 3 is 2.65 bits per heavy atom. The maximum atomic E-state index is 12.8. The van der Waals surface area contributed by atoms with E-state index in [1.165, 1.54) is 11.1 Å².